The van der Waals surface area contributed by atoms with Crippen molar-refractivity contribution < 1.29 is 14.3 Å². The molecule has 2 heterocycles. The Morgan fingerprint density at radius 1 is 1.16 bits per heavy atom. The number of ether oxygens (including phenoxy) is 2. The SMILES string of the molecule is COc1nccnc1OC1CCC(NC(=O)c2sc(C)nc2C)CC1. The van der Waals surface area contributed by atoms with Crippen LogP contribution in [0.25, 0.3) is 0 Å². The van der Waals surface area contributed by atoms with Gasteiger partial charge in [-0.1, -0.05) is 0 Å². The summed E-state index contributed by atoms with van der Waals surface area (Å²) in [4.78, 5) is 25.7. The number of rotatable bonds is 5. The van der Waals surface area contributed by atoms with E-state index in [-0.39, 0.29) is 18.1 Å². The molecule has 0 atom stereocenters. The minimum absolute atomic E-state index is 0.0249. The highest BCUT2D eigenvalue weighted by molar-refractivity contribution is 7.13. The Hall–Kier alpha value is -2.22. The van der Waals surface area contributed by atoms with Crippen LogP contribution in [0, 0.1) is 13.8 Å². The Kier molecular flexibility index (Phi) is 5.47. The van der Waals surface area contributed by atoms with Crippen LogP contribution in [0.1, 0.15) is 46.1 Å². The topological polar surface area (TPSA) is 86.2 Å². The number of hydrogen-bond donors (Lipinski definition) is 1. The van der Waals surface area contributed by atoms with Crippen LogP contribution in [0.5, 0.6) is 11.8 Å². The van der Waals surface area contributed by atoms with Gasteiger partial charge in [-0.25, -0.2) is 15.0 Å². The van der Waals surface area contributed by atoms with Gasteiger partial charge in [-0.05, 0) is 39.5 Å². The van der Waals surface area contributed by atoms with E-state index in [0.29, 0.717) is 16.6 Å². The largest absolute Gasteiger partial charge is 0.477 e. The third-order valence-electron chi connectivity index (χ3n) is 4.22. The first-order chi connectivity index (χ1) is 12.1. The average Bonchev–Trinajstić information content (AvgIpc) is 2.95. The normalized spacial score (nSPS) is 20.1. The molecule has 25 heavy (non-hydrogen) atoms. The number of methoxy groups -OCH3 is 1. The van der Waals surface area contributed by atoms with Crippen LogP contribution in [0.3, 0.4) is 0 Å². The molecule has 0 unspecified atom stereocenters. The number of nitrogens with one attached hydrogen (secondary N) is 1. The fraction of sp³-hybridized carbons (Fsp3) is 0.529. The number of carbonyl (C=O) groups excluding carboxylic acids is 1. The van der Waals surface area contributed by atoms with E-state index in [2.05, 4.69) is 20.3 Å². The minimum Gasteiger partial charge on any atom is -0.477 e. The Morgan fingerprint density at radius 3 is 2.44 bits per heavy atom. The maximum atomic E-state index is 12.4. The molecule has 0 aromatic carbocycles. The second-order valence-electron chi connectivity index (χ2n) is 6.08. The number of nitrogens with zero attached hydrogens (tertiary/aromatic N) is 3. The average molecular weight is 362 g/mol. The van der Waals surface area contributed by atoms with Crippen molar-refractivity contribution in [2.24, 2.45) is 0 Å². The van der Waals surface area contributed by atoms with E-state index in [0.717, 1.165) is 36.4 Å². The predicted molar refractivity (Wildman–Crippen MR) is 94.3 cm³/mol. The van der Waals surface area contributed by atoms with Crippen LogP contribution in [-0.2, 0) is 0 Å². The third kappa shape index (κ3) is 4.25. The van der Waals surface area contributed by atoms with Gasteiger partial charge in [-0.3, -0.25) is 4.79 Å². The molecule has 2 aromatic rings. The molecule has 1 aliphatic rings. The van der Waals surface area contributed by atoms with Crippen LogP contribution < -0.4 is 14.8 Å². The van der Waals surface area contributed by atoms with E-state index in [4.69, 9.17) is 9.47 Å². The molecule has 1 N–H and O–H groups in total. The van der Waals surface area contributed by atoms with Crippen molar-refractivity contribution in [3.8, 4) is 11.8 Å². The van der Waals surface area contributed by atoms with Gasteiger partial charge >= 0.3 is 0 Å². The highest BCUT2D eigenvalue weighted by atomic mass is 32.1. The molecular formula is C17H22N4O3S. The van der Waals surface area contributed by atoms with E-state index in [9.17, 15) is 4.79 Å². The zero-order chi connectivity index (χ0) is 17.8. The van der Waals surface area contributed by atoms with Crippen molar-refractivity contribution in [2.75, 3.05) is 7.11 Å². The molecule has 7 nitrogen and oxygen atoms in total. The molecule has 0 spiro atoms. The molecule has 0 aliphatic heterocycles. The van der Waals surface area contributed by atoms with Gasteiger partial charge in [0.1, 0.15) is 11.0 Å². The number of thiazole rings is 1. The summed E-state index contributed by atoms with van der Waals surface area (Å²) in [5.41, 5.74) is 0.798. The van der Waals surface area contributed by atoms with Gasteiger partial charge < -0.3 is 14.8 Å². The van der Waals surface area contributed by atoms with Crippen molar-refractivity contribution >= 4 is 17.2 Å². The zero-order valence-electron chi connectivity index (χ0n) is 14.6. The summed E-state index contributed by atoms with van der Waals surface area (Å²) in [7, 11) is 1.55. The van der Waals surface area contributed by atoms with Crippen molar-refractivity contribution in [3.05, 3.63) is 28.0 Å². The number of hydrogen-bond acceptors (Lipinski definition) is 7. The molecule has 134 valence electrons. The second kappa shape index (κ2) is 7.77. The predicted octanol–water partition coefficient (Wildman–Crippen LogP) is 2.68. The monoisotopic (exact) mass is 362 g/mol. The second-order valence-corrected chi connectivity index (χ2v) is 7.29. The first kappa shape index (κ1) is 17.6. The van der Waals surface area contributed by atoms with Crippen LogP contribution in [0.15, 0.2) is 12.4 Å². The Balaban J connectivity index is 1.52. The van der Waals surface area contributed by atoms with E-state index in [1.54, 1.807) is 19.5 Å². The van der Waals surface area contributed by atoms with Gasteiger partial charge in [0, 0.05) is 18.4 Å². The summed E-state index contributed by atoms with van der Waals surface area (Å²) in [6, 6.07) is 0.165. The zero-order valence-corrected chi connectivity index (χ0v) is 15.4. The highest BCUT2D eigenvalue weighted by Gasteiger charge is 2.26. The molecule has 3 rings (SSSR count). The molecule has 0 saturated heterocycles. The molecule has 1 amide bonds. The summed E-state index contributed by atoms with van der Waals surface area (Å²) < 4.78 is 11.1. The fourth-order valence-corrected chi connectivity index (χ4v) is 3.83. The van der Waals surface area contributed by atoms with Crippen LogP contribution in [-0.4, -0.2) is 40.1 Å². The molecular weight excluding hydrogens is 340 g/mol. The van der Waals surface area contributed by atoms with Crippen LogP contribution in [0.2, 0.25) is 0 Å². The fourth-order valence-electron chi connectivity index (χ4n) is 3.01. The quantitative estimate of drug-likeness (QED) is 0.880. The van der Waals surface area contributed by atoms with Crippen molar-refractivity contribution in [1.82, 2.24) is 20.3 Å². The number of aromatic nitrogens is 3. The molecule has 8 heteroatoms. The molecule has 2 aromatic heterocycles. The van der Waals surface area contributed by atoms with E-state index >= 15 is 0 Å². The molecule has 1 fully saturated rings. The van der Waals surface area contributed by atoms with Gasteiger partial charge in [0.2, 0.25) is 0 Å². The first-order valence-corrected chi connectivity index (χ1v) is 9.15. The maximum absolute atomic E-state index is 12.4. The Labute approximate surface area is 150 Å². The van der Waals surface area contributed by atoms with Gasteiger partial charge in [0.25, 0.3) is 17.7 Å². The van der Waals surface area contributed by atoms with E-state index < -0.39 is 0 Å². The summed E-state index contributed by atoms with van der Waals surface area (Å²) in [6.45, 7) is 3.79. The highest BCUT2D eigenvalue weighted by Crippen LogP contribution is 2.27. The molecule has 1 saturated carbocycles. The minimum atomic E-state index is -0.0249. The lowest BCUT2D eigenvalue weighted by atomic mass is 9.93. The van der Waals surface area contributed by atoms with Crippen molar-refractivity contribution in [1.29, 1.82) is 0 Å². The van der Waals surface area contributed by atoms with Gasteiger partial charge in [-0.15, -0.1) is 11.3 Å². The number of carbonyl (C=O) groups is 1. The standard InChI is InChI=1S/C17H22N4O3S/c1-10-14(25-11(2)20-10)15(22)21-12-4-6-13(7-5-12)24-17-16(23-3)18-8-9-19-17/h8-9,12-13H,4-7H2,1-3H3,(H,21,22). The molecule has 1 aliphatic carbocycles. The Morgan fingerprint density at radius 2 is 1.84 bits per heavy atom. The van der Waals surface area contributed by atoms with Crippen LogP contribution in [0.4, 0.5) is 0 Å². The molecule has 0 radical (unpaired) electrons. The maximum Gasteiger partial charge on any atom is 0.278 e. The summed E-state index contributed by atoms with van der Waals surface area (Å²) in [6.07, 6.45) is 6.67. The number of amides is 1. The van der Waals surface area contributed by atoms with E-state index in [1.807, 2.05) is 13.8 Å². The van der Waals surface area contributed by atoms with Crippen LogP contribution >= 0.6 is 11.3 Å². The van der Waals surface area contributed by atoms with Crippen molar-refractivity contribution in [2.45, 2.75) is 51.7 Å². The third-order valence-corrected chi connectivity index (χ3v) is 5.30. The summed E-state index contributed by atoms with van der Waals surface area (Å²) >= 11 is 1.44. The smallest absolute Gasteiger partial charge is 0.278 e. The van der Waals surface area contributed by atoms with Crippen molar-refractivity contribution in [3.63, 3.8) is 0 Å². The summed E-state index contributed by atoms with van der Waals surface area (Å²) in [5.74, 6) is 0.797. The summed E-state index contributed by atoms with van der Waals surface area (Å²) in [5, 5.41) is 4.03. The van der Waals surface area contributed by atoms with E-state index in [1.165, 1.54) is 11.3 Å². The Bertz CT molecular complexity index is 741. The first-order valence-electron chi connectivity index (χ1n) is 8.33. The lowest BCUT2D eigenvalue weighted by Gasteiger charge is -2.29. The van der Waals surface area contributed by atoms with Gasteiger partial charge in [0.15, 0.2) is 0 Å². The van der Waals surface area contributed by atoms with Gasteiger partial charge in [-0.2, -0.15) is 0 Å². The lowest BCUT2D eigenvalue weighted by Crippen LogP contribution is -2.39. The number of aryl methyl sites for hydroxylation is 2. The lowest BCUT2D eigenvalue weighted by molar-refractivity contribution is 0.0889. The molecule has 0 bridgehead atoms. The van der Waals surface area contributed by atoms with Gasteiger partial charge in [0.05, 0.1) is 17.8 Å².